The van der Waals surface area contributed by atoms with Crippen LogP contribution in [0.15, 0.2) is 42.5 Å². The molecule has 0 heterocycles. The van der Waals surface area contributed by atoms with Crippen molar-refractivity contribution in [2.45, 2.75) is 27.7 Å². The average Bonchev–Trinajstić information content (AvgIpc) is 2.74. The van der Waals surface area contributed by atoms with E-state index in [1.807, 2.05) is 12.1 Å². The number of carboxylic acid groups (broad SMARTS) is 1. The van der Waals surface area contributed by atoms with Gasteiger partial charge in [-0.05, 0) is 102 Å². The molecule has 152 valence electrons. The van der Waals surface area contributed by atoms with Crippen LogP contribution in [0.3, 0.4) is 0 Å². The molecule has 0 radical (unpaired) electrons. The van der Waals surface area contributed by atoms with Crippen LogP contribution in [0.2, 0.25) is 0 Å². The van der Waals surface area contributed by atoms with Gasteiger partial charge in [0.2, 0.25) is 0 Å². The van der Waals surface area contributed by atoms with Crippen molar-refractivity contribution in [1.82, 2.24) is 0 Å². The van der Waals surface area contributed by atoms with Gasteiger partial charge in [0, 0.05) is 10.9 Å². The Hall–Kier alpha value is -3.40. The Morgan fingerprint density at radius 3 is 2.07 bits per heavy atom. The summed E-state index contributed by atoms with van der Waals surface area (Å²) in [5.74, 6) is -0.979. The average molecular weight is 402 g/mol. The monoisotopic (exact) mass is 402 g/mol. The predicted molar refractivity (Wildman–Crippen MR) is 119 cm³/mol. The van der Waals surface area contributed by atoms with E-state index in [4.69, 9.17) is 4.74 Å². The Labute approximate surface area is 174 Å². The molecule has 0 unspecified atom stereocenters. The lowest BCUT2D eigenvalue weighted by Crippen LogP contribution is -1.98. The van der Waals surface area contributed by atoms with Crippen molar-refractivity contribution >= 4 is 27.5 Å². The van der Waals surface area contributed by atoms with Gasteiger partial charge >= 0.3 is 5.97 Å². The third-order valence-electron chi connectivity index (χ3n) is 6.30. The number of hydrogen-bond acceptors (Lipinski definition) is 2. The second kappa shape index (κ2) is 7.13. The molecule has 4 aromatic carbocycles. The van der Waals surface area contributed by atoms with Crippen LogP contribution >= 0.6 is 0 Å². The molecule has 0 aliphatic rings. The largest absolute Gasteiger partial charge is 0.496 e. The number of ether oxygens (including phenoxy) is 1. The van der Waals surface area contributed by atoms with Crippen molar-refractivity contribution in [1.29, 1.82) is 0 Å². The van der Waals surface area contributed by atoms with Crippen LogP contribution in [-0.4, -0.2) is 18.2 Å². The molecule has 0 saturated carbocycles. The van der Waals surface area contributed by atoms with E-state index in [-0.39, 0.29) is 5.56 Å². The zero-order valence-electron chi connectivity index (χ0n) is 17.7. The minimum absolute atomic E-state index is 0.0621. The van der Waals surface area contributed by atoms with Crippen LogP contribution in [0.5, 0.6) is 5.75 Å². The molecule has 3 nitrogen and oxygen atoms in total. The summed E-state index contributed by atoms with van der Waals surface area (Å²) in [6, 6.07) is 12.1. The topological polar surface area (TPSA) is 46.5 Å². The lowest BCUT2D eigenvalue weighted by atomic mass is 9.89. The van der Waals surface area contributed by atoms with E-state index in [9.17, 15) is 14.3 Å². The second-order valence-corrected chi connectivity index (χ2v) is 7.80. The van der Waals surface area contributed by atoms with Gasteiger partial charge in [-0.2, -0.15) is 0 Å². The first-order valence-corrected chi connectivity index (χ1v) is 9.78. The summed E-state index contributed by atoms with van der Waals surface area (Å²) >= 11 is 0. The van der Waals surface area contributed by atoms with Crippen LogP contribution in [0.25, 0.3) is 32.7 Å². The molecule has 0 fully saturated rings. The molecule has 0 atom stereocenters. The Balaban J connectivity index is 2.00. The summed E-state index contributed by atoms with van der Waals surface area (Å²) in [7, 11) is 1.63. The molecule has 0 bridgehead atoms. The summed E-state index contributed by atoms with van der Waals surface area (Å²) in [6.07, 6.45) is 0. The van der Waals surface area contributed by atoms with E-state index in [1.54, 1.807) is 19.2 Å². The number of methoxy groups -OCH3 is 1. The van der Waals surface area contributed by atoms with Gasteiger partial charge in [0.15, 0.2) is 0 Å². The van der Waals surface area contributed by atoms with Crippen LogP contribution in [0.1, 0.15) is 32.6 Å². The van der Waals surface area contributed by atoms with Gasteiger partial charge in [0.1, 0.15) is 11.6 Å². The quantitative estimate of drug-likeness (QED) is 0.413. The maximum atomic E-state index is 14.7. The first-order chi connectivity index (χ1) is 14.2. The van der Waals surface area contributed by atoms with Crippen LogP contribution in [-0.2, 0) is 0 Å². The van der Waals surface area contributed by atoms with Crippen LogP contribution in [0, 0.1) is 33.5 Å². The van der Waals surface area contributed by atoms with Crippen LogP contribution in [0.4, 0.5) is 4.39 Å². The first-order valence-electron chi connectivity index (χ1n) is 9.78. The molecule has 1 N–H and O–H groups in total. The van der Waals surface area contributed by atoms with Crippen molar-refractivity contribution in [3.63, 3.8) is 0 Å². The standard InChI is InChI=1S/C26H23FO3/c1-13-14(2)16(4)21-12-25(30-5)23(11-20(21)15(13)3)18-7-6-17-8-19(26(28)29)10-24(27)22(17)9-18/h6-12H,1-5H3,(H,28,29). The van der Waals surface area contributed by atoms with E-state index in [0.29, 0.717) is 10.8 Å². The zero-order chi connectivity index (χ0) is 21.7. The van der Waals surface area contributed by atoms with Gasteiger partial charge in [0.05, 0.1) is 12.7 Å². The molecule has 4 rings (SSSR count). The normalized spacial score (nSPS) is 11.3. The minimum atomic E-state index is -1.15. The summed E-state index contributed by atoms with van der Waals surface area (Å²) < 4.78 is 20.4. The lowest BCUT2D eigenvalue weighted by molar-refractivity contribution is 0.0696. The summed E-state index contributed by atoms with van der Waals surface area (Å²) in [5, 5.41) is 12.4. The van der Waals surface area contributed by atoms with E-state index in [0.717, 1.165) is 33.7 Å². The molecule has 4 heteroatoms. The Bertz CT molecular complexity index is 1350. The molecule has 0 aromatic heterocycles. The number of aryl methyl sites for hydroxylation is 2. The number of hydrogen-bond donors (Lipinski definition) is 1. The third-order valence-corrected chi connectivity index (χ3v) is 6.30. The number of fused-ring (bicyclic) bond motifs is 2. The molecule has 0 aliphatic carbocycles. The van der Waals surface area contributed by atoms with E-state index in [1.165, 1.54) is 28.3 Å². The van der Waals surface area contributed by atoms with Gasteiger partial charge in [-0.1, -0.05) is 12.1 Å². The van der Waals surface area contributed by atoms with E-state index in [2.05, 4.69) is 33.8 Å². The highest BCUT2D eigenvalue weighted by atomic mass is 19.1. The molecule has 0 saturated heterocycles. The van der Waals surface area contributed by atoms with E-state index < -0.39 is 11.8 Å². The van der Waals surface area contributed by atoms with Crippen molar-refractivity contribution in [2.75, 3.05) is 7.11 Å². The SMILES string of the molecule is COc1cc2c(C)c(C)c(C)c(C)c2cc1-c1ccc2cc(C(=O)O)cc(F)c2c1. The van der Waals surface area contributed by atoms with Crippen LogP contribution < -0.4 is 4.74 Å². The molecular formula is C26H23FO3. The number of halogens is 1. The fraction of sp³-hybridized carbons (Fsp3) is 0.192. The Kier molecular flexibility index (Phi) is 4.73. The van der Waals surface area contributed by atoms with Gasteiger partial charge in [0.25, 0.3) is 0 Å². The number of aromatic carboxylic acids is 1. The fourth-order valence-corrected chi connectivity index (χ4v) is 4.16. The maximum Gasteiger partial charge on any atom is 0.335 e. The lowest BCUT2D eigenvalue weighted by Gasteiger charge is -2.18. The van der Waals surface area contributed by atoms with Gasteiger partial charge in [-0.3, -0.25) is 0 Å². The fourth-order valence-electron chi connectivity index (χ4n) is 4.16. The Morgan fingerprint density at radius 1 is 0.833 bits per heavy atom. The maximum absolute atomic E-state index is 14.7. The third kappa shape index (κ3) is 3.00. The molecule has 0 aliphatic heterocycles. The summed E-state index contributed by atoms with van der Waals surface area (Å²) in [6.45, 7) is 8.50. The first kappa shape index (κ1) is 19.9. The molecule has 0 amide bonds. The van der Waals surface area contributed by atoms with E-state index >= 15 is 0 Å². The molecule has 30 heavy (non-hydrogen) atoms. The zero-order valence-corrected chi connectivity index (χ0v) is 17.7. The molecule has 4 aromatic rings. The van der Waals surface area contributed by atoms with Crippen molar-refractivity contribution in [3.05, 3.63) is 76.1 Å². The number of carbonyl (C=O) groups is 1. The highest BCUT2D eigenvalue weighted by molar-refractivity contribution is 5.99. The van der Waals surface area contributed by atoms with Gasteiger partial charge < -0.3 is 9.84 Å². The number of rotatable bonds is 3. The number of benzene rings is 4. The highest BCUT2D eigenvalue weighted by Gasteiger charge is 2.16. The molecule has 0 spiro atoms. The Morgan fingerprint density at radius 2 is 1.47 bits per heavy atom. The van der Waals surface area contributed by atoms with Gasteiger partial charge in [-0.15, -0.1) is 0 Å². The predicted octanol–water partition coefficient (Wildman–Crippen LogP) is 6.74. The minimum Gasteiger partial charge on any atom is -0.496 e. The van der Waals surface area contributed by atoms with Crippen molar-refractivity contribution in [3.8, 4) is 16.9 Å². The van der Waals surface area contributed by atoms with Crippen molar-refractivity contribution < 1.29 is 19.0 Å². The van der Waals surface area contributed by atoms with Gasteiger partial charge in [-0.25, -0.2) is 9.18 Å². The number of carboxylic acids is 1. The molecular weight excluding hydrogens is 379 g/mol. The summed E-state index contributed by atoms with van der Waals surface area (Å²) in [5.41, 5.74) is 6.61. The smallest absolute Gasteiger partial charge is 0.335 e. The van der Waals surface area contributed by atoms with Crippen molar-refractivity contribution in [2.24, 2.45) is 0 Å². The summed E-state index contributed by atoms with van der Waals surface area (Å²) in [4.78, 5) is 11.2. The second-order valence-electron chi connectivity index (χ2n) is 7.80. The highest BCUT2D eigenvalue weighted by Crippen LogP contribution is 2.39.